The van der Waals surface area contributed by atoms with Crippen molar-refractivity contribution in [2.24, 2.45) is 0 Å². The lowest BCUT2D eigenvalue weighted by molar-refractivity contribution is 0.357. The van der Waals surface area contributed by atoms with Gasteiger partial charge in [-0.1, -0.05) is 12.1 Å². The molecular formula is C16H15N3O. The normalized spacial score (nSPS) is 12.4. The summed E-state index contributed by atoms with van der Waals surface area (Å²) in [6.07, 6.45) is 2.62. The maximum absolute atomic E-state index is 9.10. The molecule has 2 aromatic rings. The summed E-state index contributed by atoms with van der Waals surface area (Å²) in [5.74, 6) is 0.996. The number of ether oxygens (including phenoxy) is 1. The number of rotatable bonds is 3. The van der Waals surface area contributed by atoms with E-state index in [-0.39, 0.29) is 0 Å². The Hall–Kier alpha value is -2.54. The fraction of sp³-hybridized carbons (Fsp3) is 0.250. The van der Waals surface area contributed by atoms with Crippen molar-refractivity contribution in [2.45, 2.75) is 13.0 Å². The summed E-state index contributed by atoms with van der Waals surface area (Å²) >= 11 is 0. The van der Waals surface area contributed by atoms with Gasteiger partial charge in [0.05, 0.1) is 12.3 Å². The minimum absolute atomic E-state index is 0.458. The minimum atomic E-state index is 0.458. The molecule has 1 aliphatic rings. The molecule has 1 aliphatic heterocycles. The second-order valence-corrected chi connectivity index (χ2v) is 4.88. The second-order valence-electron chi connectivity index (χ2n) is 4.88. The number of anilines is 1. The predicted molar refractivity (Wildman–Crippen MR) is 76.7 cm³/mol. The molecule has 0 fully saturated rings. The van der Waals surface area contributed by atoms with Gasteiger partial charge in [-0.3, -0.25) is 0 Å². The number of hydrogen-bond donors (Lipinski definition) is 0. The fourth-order valence-corrected chi connectivity index (χ4v) is 2.49. The number of benzene rings is 1. The van der Waals surface area contributed by atoms with Crippen molar-refractivity contribution in [2.75, 3.05) is 18.6 Å². The molecule has 20 heavy (non-hydrogen) atoms. The Balaban J connectivity index is 1.82. The van der Waals surface area contributed by atoms with Crippen molar-refractivity contribution in [3.8, 4) is 11.8 Å². The van der Waals surface area contributed by atoms with Crippen LogP contribution < -0.4 is 9.64 Å². The van der Waals surface area contributed by atoms with E-state index in [9.17, 15) is 0 Å². The molecule has 1 aromatic heterocycles. The van der Waals surface area contributed by atoms with Gasteiger partial charge in [-0.2, -0.15) is 5.26 Å². The highest BCUT2D eigenvalue weighted by atomic mass is 16.5. The molecule has 2 heterocycles. The molecule has 0 N–H and O–H groups in total. The summed E-state index contributed by atoms with van der Waals surface area (Å²) in [4.78, 5) is 6.14. The number of nitriles is 1. The van der Waals surface area contributed by atoms with Gasteiger partial charge < -0.3 is 9.64 Å². The van der Waals surface area contributed by atoms with E-state index in [1.165, 1.54) is 11.1 Å². The molecule has 4 nitrogen and oxygen atoms in total. The Labute approximate surface area is 118 Å². The van der Waals surface area contributed by atoms with Crippen LogP contribution in [0.4, 0.5) is 5.69 Å². The fourth-order valence-electron chi connectivity index (χ4n) is 2.49. The Bertz CT molecular complexity index is 676. The van der Waals surface area contributed by atoms with Crippen LogP contribution in [0.2, 0.25) is 0 Å². The maximum Gasteiger partial charge on any atom is 0.163 e. The van der Waals surface area contributed by atoms with Crippen LogP contribution in [-0.4, -0.2) is 18.6 Å². The van der Waals surface area contributed by atoms with Gasteiger partial charge in [0, 0.05) is 26.2 Å². The van der Waals surface area contributed by atoms with Crippen LogP contribution >= 0.6 is 0 Å². The van der Waals surface area contributed by atoms with Crippen LogP contribution in [0.15, 0.2) is 36.5 Å². The quantitative estimate of drug-likeness (QED) is 0.855. The molecule has 3 rings (SSSR count). The summed E-state index contributed by atoms with van der Waals surface area (Å²) in [5, 5.41) is 9.10. The van der Waals surface area contributed by atoms with Gasteiger partial charge in [-0.25, -0.2) is 4.98 Å². The van der Waals surface area contributed by atoms with Crippen LogP contribution in [0.25, 0.3) is 0 Å². The van der Waals surface area contributed by atoms with Crippen LogP contribution in [0, 0.1) is 11.3 Å². The Kier molecular flexibility index (Phi) is 3.26. The molecule has 0 atom stereocenters. The predicted octanol–water partition coefficient (Wildman–Crippen LogP) is 2.52. The molecule has 4 heteroatoms. The van der Waals surface area contributed by atoms with Gasteiger partial charge >= 0.3 is 0 Å². The molecule has 0 aliphatic carbocycles. The van der Waals surface area contributed by atoms with Crippen LogP contribution in [0.3, 0.4) is 0 Å². The van der Waals surface area contributed by atoms with E-state index in [2.05, 4.69) is 23.2 Å². The highest BCUT2D eigenvalue weighted by Gasteiger charge is 2.13. The van der Waals surface area contributed by atoms with Crippen molar-refractivity contribution >= 4 is 5.69 Å². The molecule has 0 amide bonds. The number of aromatic nitrogens is 1. The van der Waals surface area contributed by atoms with Gasteiger partial charge in [0.15, 0.2) is 5.69 Å². The summed E-state index contributed by atoms with van der Waals surface area (Å²) in [6.45, 7) is 1.52. The minimum Gasteiger partial charge on any atom is -0.493 e. The van der Waals surface area contributed by atoms with Crippen LogP contribution in [0.5, 0.6) is 5.75 Å². The summed E-state index contributed by atoms with van der Waals surface area (Å²) < 4.78 is 5.51. The summed E-state index contributed by atoms with van der Waals surface area (Å²) in [7, 11) is 1.97. The molecule has 0 spiro atoms. The average Bonchev–Trinajstić information content (AvgIpc) is 2.94. The third-order valence-electron chi connectivity index (χ3n) is 3.48. The molecule has 0 radical (unpaired) electrons. The first-order chi connectivity index (χ1) is 9.78. The monoisotopic (exact) mass is 265 g/mol. The first-order valence-corrected chi connectivity index (χ1v) is 6.59. The van der Waals surface area contributed by atoms with Gasteiger partial charge in [-0.05, 0) is 29.3 Å². The van der Waals surface area contributed by atoms with E-state index < -0.39 is 0 Å². The Morgan fingerprint density at radius 1 is 1.40 bits per heavy atom. The largest absolute Gasteiger partial charge is 0.493 e. The van der Waals surface area contributed by atoms with E-state index >= 15 is 0 Å². The van der Waals surface area contributed by atoms with E-state index in [0.717, 1.165) is 31.0 Å². The van der Waals surface area contributed by atoms with Crippen LogP contribution in [0.1, 0.15) is 16.8 Å². The molecule has 100 valence electrons. The first kappa shape index (κ1) is 12.5. The van der Waals surface area contributed by atoms with Crippen molar-refractivity contribution < 1.29 is 4.74 Å². The van der Waals surface area contributed by atoms with Gasteiger partial charge in [0.2, 0.25) is 0 Å². The maximum atomic E-state index is 9.10. The van der Waals surface area contributed by atoms with E-state index in [1.54, 1.807) is 6.20 Å². The summed E-state index contributed by atoms with van der Waals surface area (Å²) in [5.41, 5.74) is 3.79. The topological polar surface area (TPSA) is 49.1 Å². The molecule has 0 saturated heterocycles. The Morgan fingerprint density at radius 3 is 3.15 bits per heavy atom. The molecular weight excluding hydrogens is 250 g/mol. The second kappa shape index (κ2) is 5.22. The van der Waals surface area contributed by atoms with Crippen molar-refractivity contribution in [3.05, 3.63) is 53.3 Å². The van der Waals surface area contributed by atoms with E-state index in [0.29, 0.717) is 5.69 Å². The number of hydrogen-bond acceptors (Lipinski definition) is 4. The number of pyridine rings is 1. The zero-order chi connectivity index (χ0) is 13.9. The molecule has 0 saturated carbocycles. The lowest BCUT2D eigenvalue weighted by Gasteiger charge is -2.20. The first-order valence-electron chi connectivity index (χ1n) is 6.59. The van der Waals surface area contributed by atoms with E-state index in [1.807, 2.05) is 30.1 Å². The SMILES string of the molecule is CN(Cc1ccc2c(c1)CCO2)c1cccnc1C#N. The zero-order valence-corrected chi connectivity index (χ0v) is 11.3. The van der Waals surface area contributed by atoms with Gasteiger partial charge in [0.25, 0.3) is 0 Å². The highest BCUT2D eigenvalue weighted by Crippen LogP contribution is 2.27. The third-order valence-corrected chi connectivity index (χ3v) is 3.48. The summed E-state index contributed by atoms with van der Waals surface area (Å²) in [6, 6.07) is 12.2. The Morgan fingerprint density at radius 2 is 2.30 bits per heavy atom. The van der Waals surface area contributed by atoms with Crippen molar-refractivity contribution in [1.82, 2.24) is 4.98 Å². The zero-order valence-electron chi connectivity index (χ0n) is 11.3. The number of fused-ring (bicyclic) bond motifs is 1. The average molecular weight is 265 g/mol. The van der Waals surface area contributed by atoms with Gasteiger partial charge in [0.1, 0.15) is 11.8 Å². The van der Waals surface area contributed by atoms with Gasteiger partial charge in [-0.15, -0.1) is 0 Å². The lowest BCUT2D eigenvalue weighted by Crippen LogP contribution is -2.18. The van der Waals surface area contributed by atoms with Crippen LogP contribution in [-0.2, 0) is 13.0 Å². The smallest absolute Gasteiger partial charge is 0.163 e. The lowest BCUT2D eigenvalue weighted by atomic mass is 10.1. The molecule has 0 unspecified atom stereocenters. The standard InChI is InChI=1S/C16H15N3O/c1-19(15-3-2-7-18-14(15)10-17)11-12-4-5-16-13(9-12)6-8-20-16/h2-5,7,9H,6,8,11H2,1H3. The van der Waals surface area contributed by atoms with Crippen molar-refractivity contribution in [1.29, 1.82) is 5.26 Å². The van der Waals surface area contributed by atoms with E-state index in [4.69, 9.17) is 10.00 Å². The third kappa shape index (κ3) is 2.30. The molecule has 0 bridgehead atoms. The molecule has 1 aromatic carbocycles. The van der Waals surface area contributed by atoms with Crippen molar-refractivity contribution in [3.63, 3.8) is 0 Å². The number of nitrogens with zero attached hydrogens (tertiary/aromatic N) is 3. The highest BCUT2D eigenvalue weighted by molar-refractivity contribution is 5.55.